The molecule has 0 bridgehead atoms. The number of aliphatic hydroxyl groups excluding tert-OH is 1. The minimum atomic E-state index is -0.978. The molecule has 1 aromatic heterocycles. The molecular formula is C14H23ClN2O2. The van der Waals surface area contributed by atoms with E-state index in [1.54, 1.807) is 4.68 Å². The molecule has 1 unspecified atom stereocenters. The average molecular weight is 287 g/mol. The van der Waals surface area contributed by atoms with Crippen LogP contribution in [-0.4, -0.2) is 31.7 Å². The first-order chi connectivity index (χ1) is 8.83. The zero-order valence-electron chi connectivity index (χ0n) is 11.9. The van der Waals surface area contributed by atoms with Gasteiger partial charge >= 0.3 is 0 Å². The largest absolute Gasteiger partial charge is 0.390 e. The molecular weight excluding hydrogens is 264 g/mol. The van der Waals surface area contributed by atoms with Crippen LogP contribution in [0.2, 0.25) is 5.02 Å². The highest BCUT2D eigenvalue weighted by Gasteiger charge is 2.39. The first-order valence-electron chi connectivity index (χ1n) is 6.92. The molecule has 1 fully saturated rings. The molecule has 4 nitrogen and oxygen atoms in total. The van der Waals surface area contributed by atoms with Crippen LogP contribution in [-0.2, 0) is 13.5 Å². The molecule has 0 saturated heterocycles. The quantitative estimate of drug-likeness (QED) is 0.896. The molecule has 2 rings (SSSR count). The highest BCUT2D eigenvalue weighted by Crippen LogP contribution is 2.36. The summed E-state index contributed by atoms with van der Waals surface area (Å²) in [5.74, 6) is 0.634. The summed E-state index contributed by atoms with van der Waals surface area (Å²) in [6.07, 6.45) is 2.80. The highest BCUT2D eigenvalue weighted by molar-refractivity contribution is 6.31. The van der Waals surface area contributed by atoms with Crippen molar-refractivity contribution < 1.29 is 10.2 Å². The van der Waals surface area contributed by atoms with E-state index in [0.717, 1.165) is 24.2 Å². The van der Waals surface area contributed by atoms with E-state index in [1.807, 2.05) is 14.0 Å². The van der Waals surface area contributed by atoms with Crippen LogP contribution in [0.4, 0.5) is 0 Å². The van der Waals surface area contributed by atoms with Gasteiger partial charge in [0.15, 0.2) is 0 Å². The molecule has 1 aromatic rings. The topological polar surface area (TPSA) is 58.3 Å². The van der Waals surface area contributed by atoms with Crippen molar-refractivity contribution in [3.63, 3.8) is 0 Å². The number of rotatable bonds is 3. The lowest BCUT2D eigenvalue weighted by Crippen LogP contribution is -2.46. The van der Waals surface area contributed by atoms with Crippen LogP contribution in [0.15, 0.2) is 0 Å². The second kappa shape index (κ2) is 5.43. The average Bonchev–Trinajstić information content (AvgIpc) is 2.60. The maximum Gasteiger partial charge on any atom is 0.0909 e. The van der Waals surface area contributed by atoms with E-state index in [1.165, 1.54) is 0 Å². The highest BCUT2D eigenvalue weighted by atomic mass is 35.5. The Morgan fingerprint density at radius 1 is 1.47 bits per heavy atom. The number of halogens is 1. The Bertz CT molecular complexity index is 451. The summed E-state index contributed by atoms with van der Waals surface area (Å²) in [6.45, 7) is 4.03. The summed E-state index contributed by atoms with van der Waals surface area (Å²) in [7, 11) is 1.81. The fourth-order valence-electron chi connectivity index (χ4n) is 2.87. The lowest BCUT2D eigenvalue weighted by Gasteiger charge is -2.38. The van der Waals surface area contributed by atoms with E-state index in [0.29, 0.717) is 30.2 Å². The summed E-state index contributed by atoms with van der Waals surface area (Å²) in [5, 5.41) is 25.8. The molecule has 1 aliphatic rings. The van der Waals surface area contributed by atoms with E-state index in [9.17, 15) is 10.2 Å². The Balaban J connectivity index is 2.10. The minimum Gasteiger partial charge on any atom is -0.390 e. The third kappa shape index (κ3) is 2.96. The van der Waals surface area contributed by atoms with Crippen molar-refractivity contribution in [1.29, 1.82) is 0 Å². The van der Waals surface area contributed by atoms with Crippen LogP contribution < -0.4 is 0 Å². The third-order valence-electron chi connectivity index (χ3n) is 4.41. The van der Waals surface area contributed by atoms with Gasteiger partial charge in [-0.05, 0) is 38.5 Å². The molecule has 0 aliphatic heterocycles. The van der Waals surface area contributed by atoms with Crippen molar-refractivity contribution in [2.75, 3.05) is 0 Å². The molecule has 1 saturated carbocycles. The third-order valence-corrected chi connectivity index (χ3v) is 4.90. The molecule has 5 heteroatoms. The Labute approximate surface area is 119 Å². The molecule has 108 valence electrons. The predicted octanol–water partition coefficient (Wildman–Crippen LogP) is 2.23. The Morgan fingerprint density at radius 2 is 2.05 bits per heavy atom. The Hall–Kier alpha value is -0.580. The van der Waals surface area contributed by atoms with Crippen LogP contribution in [0.25, 0.3) is 0 Å². The van der Waals surface area contributed by atoms with Gasteiger partial charge in [0.2, 0.25) is 0 Å². The predicted molar refractivity (Wildman–Crippen MR) is 75.2 cm³/mol. The SMILES string of the molecule is Cc1nn(C)c(CC(O)C2(O)CCC(C)CC2)c1Cl. The van der Waals surface area contributed by atoms with Gasteiger partial charge in [-0.1, -0.05) is 18.5 Å². The minimum absolute atomic E-state index is 0.348. The molecule has 1 atom stereocenters. The van der Waals surface area contributed by atoms with Crippen LogP contribution in [0, 0.1) is 12.8 Å². The van der Waals surface area contributed by atoms with Crippen molar-refractivity contribution in [2.45, 2.75) is 57.7 Å². The molecule has 0 aromatic carbocycles. The molecule has 0 amide bonds. The lowest BCUT2D eigenvalue weighted by molar-refractivity contribution is -0.103. The van der Waals surface area contributed by atoms with Crippen molar-refractivity contribution in [3.05, 3.63) is 16.4 Å². The van der Waals surface area contributed by atoms with Crippen LogP contribution in [0.5, 0.6) is 0 Å². The maximum atomic E-state index is 10.6. The molecule has 0 radical (unpaired) electrons. The molecule has 1 aliphatic carbocycles. The molecule has 2 N–H and O–H groups in total. The zero-order chi connectivity index (χ0) is 14.2. The Kier molecular flexibility index (Phi) is 4.23. The Morgan fingerprint density at radius 3 is 2.53 bits per heavy atom. The normalized spacial score (nSPS) is 29.5. The lowest BCUT2D eigenvalue weighted by atomic mass is 9.75. The summed E-state index contributed by atoms with van der Waals surface area (Å²) in [5.41, 5.74) is 0.572. The van der Waals surface area contributed by atoms with Gasteiger partial charge in [-0.25, -0.2) is 0 Å². The summed E-state index contributed by atoms with van der Waals surface area (Å²) in [4.78, 5) is 0. The van der Waals surface area contributed by atoms with Gasteiger partial charge in [0, 0.05) is 13.5 Å². The van der Waals surface area contributed by atoms with Crippen molar-refractivity contribution in [2.24, 2.45) is 13.0 Å². The van der Waals surface area contributed by atoms with Gasteiger partial charge in [-0.3, -0.25) is 4.68 Å². The van der Waals surface area contributed by atoms with Gasteiger partial charge in [0.1, 0.15) is 0 Å². The number of aryl methyl sites for hydroxylation is 2. The van der Waals surface area contributed by atoms with Crippen LogP contribution >= 0.6 is 11.6 Å². The number of aromatic nitrogens is 2. The fourth-order valence-corrected chi connectivity index (χ4v) is 3.11. The smallest absolute Gasteiger partial charge is 0.0909 e. The van der Waals surface area contributed by atoms with E-state index in [4.69, 9.17) is 11.6 Å². The van der Waals surface area contributed by atoms with E-state index in [-0.39, 0.29) is 0 Å². The first kappa shape index (κ1) is 14.8. The second-order valence-corrected chi connectivity index (χ2v) is 6.35. The first-order valence-corrected chi connectivity index (χ1v) is 7.29. The summed E-state index contributed by atoms with van der Waals surface area (Å²) in [6, 6.07) is 0. The number of nitrogens with zero attached hydrogens (tertiary/aromatic N) is 2. The van der Waals surface area contributed by atoms with E-state index >= 15 is 0 Å². The fraction of sp³-hybridized carbons (Fsp3) is 0.786. The van der Waals surface area contributed by atoms with Crippen molar-refractivity contribution in [1.82, 2.24) is 9.78 Å². The monoisotopic (exact) mass is 286 g/mol. The molecule has 1 heterocycles. The second-order valence-electron chi connectivity index (χ2n) is 5.98. The number of aliphatic hydroxyl groups is 2. The van der Waals surface area contributed by atoms with Gasteiger partial charge in [0.25, 0.3) is 0 Å². The summed E-state index contributed by atoms with van der Waals surface area (Å²) >= 11 is 6.19. The number of hydrogen-bond donors (Lipinski definition) is 2. The zero-order valence-corrected chi connectivity index (χ0v) is 12.6. The van der Waals surface area contributed by atoms with E-state index in [2.05, 4.69) is 12.0 Å². The van der Waals surface area contributed by atoms with Gasteiger partial charge < -0.3 is 10.2 Å². The van der Waals surface area contributed by atoms with Gasteiger partial charge in [-0.2, -0.15) is 5.10 Å². The van der Waals surface area contributed by atoms with Crippen molar-refractivity contribution >= 4 is 11.6 Å². The van der Waals surface area contributed by atoms with Crippen LogP contribution in [0.3, 0.4) is 0 Å². The van der Waals surface area contributed by atoms with Crippen LogP contribution in [0.1, 0.15) is 44.0 Å². The van der Waals surface area contributed by atoms with Crippen molar-refractivity contribution in [3.8, 4) is 0 Å². The van der Waals surface area contributed by atoms with Gasteiger partial charge in [0.05, 0.1) is 28.1 Å². The molecule has 19 heavy (non-hydrogen) atoms. The van der Waals surface area contributed by atoms with E-state index < -0.39 is 11.7 Å². The van der Waals surface area contributed by atoms with Gasteiger partial charge in [-0.15, -0.1) is 0 Å². The standard InChI is InChI=1S/C14H23ClN2O2/c1-9-4-6-14(19,7-5-9)12(18)8-11-13(15)10(2)16-17(11)3/h9,12,18-19H,4-8H2,1-3H3. The summed E-state index contributed by atoms with van der Waals surface area (Å²) < 4.78 is 1.69. The number of hydrogen-bond acceptors (Lipinski definition) is 3. The maximum absolute atomic E-state index is 10.6. The molecule has 0 spiro atoms.